The number of carbonyl (C=O) groups is 1. The third kappa shape index (κ3) is 4.87. The third-order valence-corrected chi connectivity index (χ3v) is 3.93. The van der Waals surface area contributed by atoms with E-state index in [2.05, 4.69) is 27.7 Å². The summed E-state index contributed by atoms with van der Waals surface area (Å²) in [4.78, 5) is 11.6. The lowest BCUT2D eigenvalue weighted by Crippen LogP contribution is -2.36. The highest BCUT2D eigenvalue weighted by Crippen LogP contribution is 2.35. The minimum atomic E-state index is -0.479. The van der Waals surface area contributed by atoms with Crippen LogP contribution in [0.3, 0.4) is 0 Å². The quantitative estimate of drug-likeness (QED) is 0.540. The van der Waals surface area contributed by atoms with Crippen LogP contribution in [0.25, 0.3) is 0 Å². The predicted molar refractivity (Wildman–Crippen MR) is 72.5 cm³/mol. The van der Waals surface area contributed by atoms with Crippen LogP contribution in [0.15, 0.2) is 0 Å². The van der Waals surface area contributed by atoms with Gasteiger partial charge in [0.1, 0.15) is 6.10 Å². The van der Waals surface area contributed by atoms with Crippen molar-refractivity contribution >= 4 is 6.16 Å². The Bertz CT molecular complexity index is 250. The number of hydrogen-bond acceptors (Lipinski definition) is 3. The fourth-order valence-corrected chi connectivity index (χ4v) is 2.71. The smallest absolute Gasteiger partial charge is 0.434 e. The van der Waals surface area contributed by atoms with Crippen LogP contribution in [0.5, 0.6) is 0 Å². The molecule has 106 valence electrons. The molecular formula is C15H28O3. The van der Waals surface area contributed by atoms with Crippen LogP contribution in [-0.4, -0.2) is 18.9 Å². The number of rotatable bonds is 5. The minimum absolute atomic E-state index is 0.0443. The molecule has 3 unspecified atom stereocenters. The van der Waals surface area contributed by atoms with Gasteiger partial charge in [-0.3, -0.25) is 0 Å². The monoisotopic (exact) mass is 256 g/mol. The van der Waals surface area contributed by atoms with E-state index in [9.17, 15) is 4.79 Å². The molecule has 0 heterocycles. The Labute approximate surface area is 111 Å². The molecule has 0 spiro atoms. The fourth-order valence-electron chi connectivity index (χ4n) is 2.71. The van der Waals surface area contributed by atoms with Crippen LogP contribution < -0.4 is 0 Å². The van der Waals surface area contributed by atoms with Crippen LogP contribution in [-0.2, 0) is 9.47 Å². The van der Waals surface area contributed by atoms with Gasteiger partial charge >= 0.3 is 6.16 Å². The molecule has 0 saturated heterocycles. The maximum Gasteiger partial charge on any atom is 0.508 e. The first-order valence-corrected chi connectivity index (χ1v) is 7.38. The molecule has 1 aliphatic rings. The summed E-state index contributed by atoms with van der Waals surface area (Å²) in [6.45, 7) is 9.20. The number of unbranched alkanes of at least 4 members (excludes halogenated alkanes) is 1. The second-order valence-electron chi connectivity index (χ2n) is 5.93. The van der Waals surface area contributed by atoms with Crippen molar-refractivity contribution < 1.29 is 14.3 Å². The highest BCUT2D eigenvalue weighted by atomic mass is 16.7. The van der Waals surface area contributed by atoms with Gasteiger partial charge in [0, 0.05) is 0 Å². The normalized spacial score (nSPS) is 28.2. The van der Waals surface area contributed by atoms with Gasteiger partial charge in [-0.15, -0.1) is 0 Å². The Kier molecular flexibility index (Phi) is 6.51. The van der Waals surface area contributed by atoms with Crippen molar-refractivity contribution in [1.29, 1.82) is 0 Å². The maximum atomic E-state index is 11.6. The van der Waals surface area contributed by atoms with E-state index in [4.69, 9.17) is 9.47 Å². The van der Waals surface area contributed by atoms with Crippen LogP contribution in [0, 0.1) is 17.8 Å². The van der Waals surface area contributed by atoms with E-state index in [0.29, 0.717) is 24.4 Å². The lowest BCUT2D eigenvalue weighted by Gasteiger charge is -2.36. The van der Waals surface area contributed by atoms with Crippen molar-refractivity contribution in [2.75, 3.05) is 6.61 Å². The van der Waals surface area contributed by atoms with Gasteiger partial charge in [0.25, 0.3) is 0 Å². The van der Waals surface area contributed by atoms with E-state index in [1.165, 1.54) is 6.42 Å². The number of ether oxygens (including phenoxy) is 2. The number of hydrogen-bond donors (Lipinski definition) is 0. The Morgan fingerprint density at radius 2 is 2.06 bits per heavy atom. The molecule has 1 fully saturated rings. The molecule has 1 rings (SSSR count). The van der Waals surface area contributed by atoms with Gasteiger partial charge in [-0.1, -0.05) is 40.5 Å². The van der Waals surface area contributed by atoms with E-state index in [-0.39, 0.29) is 6.10 Å². The molecule has 0 amide bonds. The Morgan fingerprint density at radius 3 is 2.67 bits per heavy atom. The van der Waals surface area contributed by atoms with E-state index in [1.54, 1.807) is 0 Å². The molecule has 0 aliphatic heterocycles. The van der Waals surface area contributed by atoms with Gasteiger partial charge in [0.15, 0.2) is 0 Å². The van der Waals surface area contributed by atoms with E-state index < -0.39 is 6.16 Å². The molecule has 3 atom stereocenters. The molecule has 0 aromatic carbocycles. The topological polar surface area (TPSA) is 35.5 Å². The maximum absolute atomic E-state index is 11.6. The molecule has 0 aromatic rings. The number of carbonyl (C=O) groups excluding carboxylic acids is 1. The summed E-state index contributed by atoms with van der Waals surface area (Å²) in [5.41, 5.74) is 0. The summed E-state index contributed by atoms with van der Waals surface area (Å²) in [6.07, 6.45) is 4.88. The molecular weight excluding hydrogens is 228 g/mol. The zero-order valence-corrected chi connectivity index (χ0v) is 12.3. The average Bonchev–Trinajstić information content (AvgIpc) is 2.29. The molecule has 1 aliphatic carbocycles. The van der Waals surface area contributed by atoms with Crippen molar-refractivity contribution in [1.82, 2.24) is 0 Å². The summed E-state index contributed by atoms with van der Waals surface area (Å²) in [5.74, 6) is 1.69. The molecule has 0 radical (unpaired) electrons. The zero-order valence-electron chi connectivity index (χ0n) is 12.3. The Balaban J connectivity index is 2.42. The van der Waals surface area contributed by atoms with Crippen molar-refractivity contribution in [2.24, 2.45) is 17.8 Å². The highest BCUT2D eigenvalue weighted by Gasteiger charge is 2.33. The molecule has 0 aromatic heterocycles. The van der Waals surface area contributed by atoms with Crippen molar-refractivity contribution in [3.8, 4) is 0 Å². The van der Waals surface area contributed by atoms with E-state index >= 15 is 0 Å². The van der Waals surface area contributed by atoms with Gasteiger partial charge in [-0.05, 0) is 37.0 Å². The van der Waals surface area contributed by atoms with Crippen LogP contribution in [0.1, 0.15) is 59.8 Å². The van der Waals surface area contributed by atoms with Crippen molar-refractivity contribution in [3.63, 3.8) is 0 Å². The molecule has 1 saturated carbocycles. The van der Waals surface area contributed by atoms with Gasteiger partial charge in [-0.2, -0.15) is 0 Å². The molecule has 0 bridgehead atoms. The molecule has 0 N–H and O–H groups in total. The third-order valence-electron chi connectivity index (χ3n) is 3.93. The van der Waals surface area contributed by atoms with Gasteiger partial charge < -0.3 is 9.47 Å². The Hall–Kier alpha value is -0.730. The summed E-state index contributed by atoms with van der Waals surface area (Å²) < 4.78 is 10.6. The highest BCUT2D eigenvalue weighted by molar-refractivity contribution is 5.60. The van der Waals surface area contributed by atoms with Crippen LogP contribution >= 0.6 is 0 Å². The second-order valence-corrected chi connectivity index (χ2v) is 5.93. The Morgan fingerprint density at radius 1 is 1.33 bits per heavy atom. The zero-order chi connectivity index (χ0) is 13.5. The van der Waals surface area contributed by atoms with Crippen LogP contribution in [0.4, 0.5) is 4.79 Å². The fraction of sp³-hybridized carbons (Fsp3) is 0.933. The summed E-state index contributed by atoms with van der Waals surface area (Å²) in [7, 11) is 0. The predicted octanol–water partition coefficient (Wildman–Crippen LogP) is 4.40. The van der Waals surface area contributed by atoms with E-state index in [1.807, 2.05) is 0 Å². The first-order chi connectivity index (χ1) is 8.54. The summed E-state index contributed by atoms with van der Waals surface area (Å²) in [5, 5.41) is 0. The summed E-state index contributed by atoms with van der Waals surface area (Å²) >= 11 is 0. The molecule has 3 nitrogen and oxygen atoms in total. The van der Waals surface area contributed by atoms with E-state index in [0.717, 1.165) is 25.7 Å². The van der Waals surface area contributed by atoms with Crippen molar-refractivity contribution in [2.45, 2.75) is 65.9 Å². The van der Waals surface area contributed by atoms with Crippen molar-refractivity contribution in [3.05, 3.63) is 0 Å². The molecule has 18 heavy (non-hydrogen) atoms. The average molecular weight is 256 g/mol. The lowest BCUT2D eigenvalue weighted by molar-refractivity contribution is -0.0320. The first kappa shape index (κ1) is 15.3. The SMILES string of the molecule is CCCCOC(=O)OC1CC(C)CCC1C(C)C. The standard InChI is InChI=1S/C15H28O3/c1-5-6-9-17-15(16)18-14-10-12(4)7-8-13(14)11(2)3/h11-14H,5-10H2,1-4H3. The van der Waals surface area contributed by atoms with Gasteiger partial charge in [0.05, 0.1) is 6.61 Å². The summed E-state index contributed by atoms with van der Waals surface area (Å²) in [6, 6.07) is 0. The molecule has 3 heteroatoms. The largest absolute Gasteiger partial charge is 0.508 e. The van der Waals surface area contributed by atoms with Gasteiger partial charge in [-0.25, -0.2) is 4.79 Å². The second kappa shape index (κ2) is 7.65. The van der Waals surface area contributed by atoms with Gasteiger partial charge in [0.2, 0.25) is 0 Å². The van der Waals surface area contributed by atoms with Crippen LogP contribution in [0.2, 0.25) is 0 Å². The lowest BCUT2D eigenvalue weighted by atomic mass is 9.75. The minimum Gasteiger partial charge on any atom is -0.434 e. The first-order valence-electron chi connectivity index (χ1n) is 7.38.